The number of hydrogen-bond donors (Lipinski definition) is 1. The summed E-state index contributed by atoms with van der Waals surface area (Å²) in [5.74, 6) is -0.480. The summed E-state index contributed by atoms with van der Waals surface area (Å²) in [5, 5.41) is 2.66. The van der Waals surface area contributed by atoms with Crippen molar-refractivity contribution in [3.63, 3.8) is 0 Å². The number of rotatable bonds is 6. The van der Waals surface area contributed by atoms with Crippen LogP contribution in [0.25, 0.3) is 0 Å². The van der Waals surface area contributed by atoms with Crippen molar-refractivity contribution in [1.82, 2.24) is 14.5 Å². The molecule has 2 heterocycles. The van der Waals surface area contributed by atoms with Gasteiger partial charge in [-0.05, 0) is 49.2 Å². The number of anilines is 1. The number of aryl methyl sites for hydroxylation is 2. The van der Waals surface area contributed by atoms with Crippen LogP contribution in [0.15, 0.2) is 65.7 Å². The van der Waals surface area contributed by atoms with Gasteiger partial charge in [-0.1, -0.05) is 29.8 Å². The summed E-state index contributed by atoms with van der Waals surface area (Å²) in [6.07, 6.45) is 3.25. The molecule has 30 heavy (non-hydrogen) atoms. The average Bonchev–Trinajstić information content (AvgIpc) is 2.69. The Morgan fingerprint density at radius 2 is 1.83 bits per heavy atom. The van der Waals surface area contributed by atoms with Crippen molar-refractivity contribution >= 4 is 17.6 Å². The molecule has 0 saturated carbocycles. The minimum Gasteiger partial charge on any atom is -0.332 e. The number of amides is 2. The summed E-state index contributed by atoms with van der Waals surface area (Å²) in [7, 11) is 1.49. The van der Waals surface area contributed by atoms with Gasteiger partial charge in [0.25, 0.3) is 11.5 Å². The Morgan fingerprint density at radius 1 is 1.07 bits per heavy atom. The van der Waals surface area contributed by atoms with Gasteiger partial charge in [0, 0.05) is 19.4 Å². The van der Waals surface area contributed by atoms with E-state index >= 15 is 0 Å². The van der Waals surface area contributed by atoms with Gasteiger partial charge >= 0.3 is 0 Å². The molecule has 0 bridgehead atoms. The van der Waals surface area contributed by atoms with E-state index in [0.717, 1.165) is 16.7 Å². The van der Waals surface area contributed by atoms with Crippen molar-refractivity contribution in [3.8, 4) is 0 Å². The number of hydrogen-bond acceptors (Lipinski definition) is 4. The van der Waals surface area contributed by atoms with Gasteiger partial charge in [0.2, 0.25) is 5.91 Å². The van der Waals surface area contributed by atoms with E-state index in [9.17, 15) is 14.4 Å². The molecule has 1 aromatic carbocycles. The zero-order valence-electron chi connectivity index (χ0n) is 17.3. The Bertz CT molecular complexity index is 1140. The van der Waals surface area contributed by atoms with Crippen LogP contribution in [0.5, 0.6) is 0 Å². The Kier molecular flexibility index (Phi) is 6.41. The van der Waals surface area contributed by atoms with E-state index < -0.39 is 11.5 Å². The third kappa shape index (κ3) is 5.20. The second kappa shape index (κ2) is 9.17. The topological polar surface area (TPSA) is 84.3 Å². The molecule has 7 nitrogen and oxygen atoms in total. The van der Waals surface area contributed by atoms with Crippen molar-refractivity contribution in [3.05, 3.63) is 93.5 Å². The first-order valence-corrected chi connectivity index (χ1v) is 9.56. The molecule has 154 valence electrons. The second-order valence-corrected chi connectivity index (χ2v) is 7.27. The SMILES string of the molecule is Cc1cccc(Cn2cccc(C(=O)N(C)CC(=O)Nc3cc(C)ccn3)c2=O)c1. The summed E-state index contributed by atoms with van der Waals surface area (Å²) >= 11 is 0. The fourth-order valence-electron chi connectivity index (χ4n) is 3.11. The number of carbonyl (C=O) groups excluding carboxylic acids is 2. The Balaban J connectivity index is 1.71. The highest BCUT2D eigenvalue weighted by Crippen LogP contribution is 2.07. The Labute approximate surface area is 175 Å². The van der Waals surface area contributed by atoms with E-state index in [1.54, 1.807) is 24.5 Å². The zero-order valence-corrected chi connectivity index (χ0v) is 17.3. The number of nitrogens with one attached hydrogen (secondary N) is 1. The monoisotopic (exact) mass is 404 g/mol. The van der Waals surface area contributed by atoms with Gasteiger partial charge in [-0.25, -0.2) is 4.98 Å². The average molecular weight is 404 g/mol. The van der Waals surface area contributed by atoms with Crippen LogP contribution in [-0.2, 0) is 11.3 Å². The first-order chi connectivity index (χ1) is 14.3. The number of benzene rings is 1. The van der Waals surface area contributed by atoms with E-state index in [1.807, 2.05) is 44.2 Å². The van der Waals surface area contributed by atoms with Crippen LogP contribution in [0.3, 0.4) is 0 Å². The second-order valence-electron chi connectivity index (χ2n) is 7.27. The highest BCUT2D eigenvalue weighted by molar-refractivity contribution is 5.98. The normalized spacial score (nSPS) is 10.5. The van der Waals surface area contributed by atoms with Crippen molar-refractivity contribution in [2.75, 3.05) is 18.9 Å². The molecule has 1 N–H and O–H groups in total. The summed E-state index contributed by atoms with van der Waals surface area (Å²) < 4.78 is 1.49. The standard InChI is InChI=1S/C23H24N4O3/c1-16-6-4-7-18(12-16)14-27-11-5-8-19(23(27)30)22(29)26(3)15-21(28)25-20-13-17(2)9-10-24-20/h4-13H,14-15H2,1-3H3,(H,24,25,28). The van der Waals surface area contributed by atoms with Gasteiger partial charge < -0.3 is 14.8 Å². The minimum absolute atomic E-state index is 0.0223. The largest absolute Gasteiger partial charge is 0.332 e. The van der Waals surface area contributed by atoms with Gasteiger partial charge in [0.1, 0.15) is 11.4 Å². The zero-order chi connectivity index (χ0) is 21.7. The van der Waals surface area contributed by atoms with Gasteiger partial charge in [-0.3, -0.25) is 14.4 Å². The molecule has 0 unspecified atom stereocenters. The van der Waals surface area contributed by atoms with Crippen molar-refractivity contribution in [2.45, 2.75) is 20.4 Å². The molecule has 0 fully saturated rings. The van der Waals surface area contributed by atoms with E-state index in [4.69, 9.17) is 0 Å². The Morgan fingerprint density at radius 3 is 2.57 bits per heavy atom. The predicted octanol–water partition coefficient (Wildman–Crippen LogP) is 2.62. The van der Waals surface area contributed by atoms with Crippen LogP contribution in [0, 0.1) is 13.8 Å². The quantitative estimate of drug-likeness (QED) is 0.685. The van der Waals surface area contributed by atoms with E-state index in [0.29, 0.717) is 12.4 Å². The smallest absolute Gasteiger partial charge is 0.263 e. The van der Waals surface area contributed by atoms with Crippen LogP contribution in [-0.4, -0.2) is 39.9 Å². The molecule has 0 aliphatic heterocycles. The molecule has 7 heteroatoms. The minimum atomic E-state index is -0.508. The molecule has 0 aliphatic carbocycles. The molecule has 3 aromatic rings. The van der Waals surface area contributed by atoms with Crippen molar-refractivity contribution in [1.29, 1.82) is 0 Å². The third-order valence-electron chi connectivity index (χ3n) is 4.60. The van der Waals surface area contributed by atoms with Crippen molar-refractivity contribution < 1.29 is 9.59 Å². The molecular formula is C23H24N4O3. The summed E-state index contributed by atoms with van der Waals surface area (Å²) in [6.45, 7) is 4.05. The predicted molar refractivity (Wildman–Crippen MR) is 116 cm³/mol. The Hall–Kier alpha value is -3.74. The molecule has 2 aromatic heterocycles. The van der Waals surface area contributed by atoms with Crippen LogP contribution >= 0.6 is 0 Å². The number of likely N-dealkylation sites (N-methyl/N-ethyl adjacent to an activating group) is 1. The maximum absolute atomic E-state index is 12.8. The lowest BCUT2D eigenvalue weighted by Gasteiger charge is -2.17. The van der Waals surface area contributed by atoms with Crippen LogP contribution in [0.1, 0.15) is 27.0 Å². The van der Waals surface area contributed by atoms with E-state index in [1.165, 1.54) is 22.6 Å². The van der Waals surface area contributed by atoms with Gasteiger partial charge in [-0.15, -0.1) is 0 Å². The molecule has 0 saturated heterocycles. The fraction of sp³-hybridized carbons (Fsp3) is 0.217. The van der Waals surface area contributed by atoms with E-state index in [-0.39, 0.29) is 18.0 Å². The van der Waals surface area contributed by atoms with Crippen LogP contribution in [0.2, 0.25) is 0 Å². The van der Waals surface area contributed by atoms with Crippen LogP contribution < -0.4 is 10.9 Å². The number of carbonyl (C=O) groups is 2. The first kappa shape index (κ1) is 21.0. The maximum Gasteiger partial charge on any atom is 0.263 e. The summed E-state index contributed by atoms with van der Waals surface area (Å²) in [4.78, 5) is 43.2. The summed E-state index contributed by atoms with van der Waals surface area (Å²) in [5.41, 5.74) is 2.66. The van der Waals surface area contributed by atoms with Gasteiger partial charge in [-0.2, -0.15) is 0 Å². The molecule has 2 amide bonds. The molecular weight excluding hydrogens is 380 g/mol. The maximum atomic E-state index is 12.8. The number of aromatic nitrogens is 2. The molecule has 0 atom stereocenters. The summed E-state index contributed by atoms with van der Waals surface area (Å²) in [6, 6.07) is 14.5. The molecule has 0 spiro atoms. The molecule has 0 radical (unpaired) electrons. The lowest BCUT2D eigenvalue weighted by Crippen LogP contribution is -2.38. The highest BCUT2D eigenvalue weighted by Gasteiger charge is 2.19. The van der Waals surface area contributed by atoms with Gasteiger partial charge in [0.15, 0.2) is 0 Å². The first-order valence-electron chi connectivity index (χ1n) is 9.56. The molecule has 3 rings (SSSR count). The highest BCUT2D eigenvalue weighted by atomic mass is 16.2. The lowest BCUT2D eigenvalue weighted by atomic mass is 10.1. The number of nitrogens with zero attached hydrogens (tertiary/aromatic N) is 3. The third-order valence-corrected chi connectivity index (χ3v) is 4.60. The van der Waals surface area contributed by atoms with Gasteiger partial charge in [0.05, 0.1) is 13.1 Å². The lowest BCUT2D eigenvalue weighted by molar-refractivity contribution is -0.116. The van der Waals surface area contributed by atoms with Crippen LogP contribution in [0.4, 0.5) is 5.82 Å². The number of pyridine rings is 2. The fourth-order valence-corrected chi connectivity index (χ4v) is 3.11. The van der Waals surface area contributed by atoms with E-state index in [2.05, 4.69) is 10.3 Å². The van der Waals surface area contributed by atoms with Crippen molar-refractivity contribution in [2.24, 2.45) is 0 Å². The molecule has 0 aliphatic rings.